The van der Waals surface area contributed by atoms with Crippen LogP contribution in [0.25, 0.3) is 6.08 Å². The third kappa shape index (κ3) is 1.67. The number of phenols is 1. The monoisotopic (exact) mass is 162 g/mol. The fourth-order valence-electron chi connectivity index (χ4n) is 1.18. The van der Waals surface area contributed by atoms with Gasteiger partial charge in [-0.05, 0) is 49.6 Å². The Morgan fingerprint density at radius 1 is 1.17 bits per heavy atom. The zero-order valence-corrected chi connectivity index (χ0v) is 7.76. The van der Waals surface area contributed by atoms with Gasteiger partial charge in [-0.3, -0.25) is 0 Å². The second-order valence-electron chi connectivity index (χ2n) is 3.00. The van der Waals surface area contributed by atoms with Gasteiger partial charge in [0, 0.05) is 0 Å². The number of allylic oxidation sites excluding steroid dienone is 1. The molecule has 0 atom stereocenters. The molecule has 12 heavy (non-hydrogen) atoms. The van der Waals surface area contributed by atoms with Crippen molar-refractivity contribution in [2.45, 2.75) is 20.8 Å². The molecule has 0 aliphatic carbocycles. The number of aromatic hydroxyl groups is 1. The Kier molecular flexibility index (Phi) is 2.54. The SMILES string of the molecule is C/C=C\c1cc(C)c(O)cc1C. The van der Waals surface area contributed by atoms with Gasteiger partial charge in [-0.25, -0.2) is 0 Å². The highest BCUT2D eigenvalue weighted by Crippen LogP contribution is 2.21. The molecule has 0 bridgehead atoms. The molecular weight excluding hydrogens is 148 g/mol. The van der Waals surface area contributed by atoms with Gasteiger partial charge in [0.05, 0.1) is 0 Å². The normalized spacial score (nSPS) is 10.9. The van der Waals surface area contributed by atoms with Crippen LogP contribution in [0.15, 0.2) is 18.2 Å². The lowest BCUT2D eigenvalue weighted by Gasteiger charge is -2.04. The van der Waals surface area contributed by atoms with E-state index in [1.165, 1.54) is 5.56 Å². The third-order valence-electron chi connectivity index (χ3n) is 1.93. The Hall–Kier alpha value is -1.24. The summed E-state index contributed by atoms with van der Waals surface area (Å²) < 4.78 is 0. The van der Waals surface area contributed by atoms with Crippen molar-refractivity contribution >= 4 is 6.08 Å². The molecule has 0 aliphatic heterocycles. The van der Waals surface area contributed by atoms with Crippen LogP contribution in [0, 0.1) is 13.8 Å². The summed E-state index contributed by atoms with van der Waals surface area (Å²) in [6.45, 7) is 5.89. The van der Waals surface area contributed by atoms with Crippen molar-refractivity contribution in [1.29, 1.82) is 0 Å². The molecule has 0 aromatic heterocycles. The maximum Gasteiger partial charge on any atom is 0.118 e. The van der Waals surface area contributed by atoms with Crippen LogP contribution in [0.1, 0.15) is 23.6 Å². The van der Waals surface area contributed by atoms with Gasteiger partial charge in [0.25, 0.3) is 0 Å². The van der Waals surface area contributed by atoms with Crippen molar-refractivity contribution < 1.29 is 5.11 Å². The molecule has 1 aromatic carbocycles. The van der Waals surface area contributed by atoms with Crippen LogP contribution in [0.4, 0.5) is 0 Å². The Balaban J connectivity index is 3.23. The van der Waals surface area contributed by atoms with Crippen molar-refractivity contribution in [2.24, 2.45) is 0 Å². The first-order valence-corrected chi connectivity index (χ1v) is 4.08. The zero-order chi connectivity index (χ0) is 9.14. The quantitative estimate of drug-likeness (QED) is 0.673. The summed E-state index contributed by atoms with van der Waals surface area (Å²) in [5, 5.41) is 9.37. The minimum Gasteiger partial charge on any atom is -0.508 e. The van der Waals surface area contributed by atoms with Gasteiger partial charge in [-0.1, -0.05) is 12.2 Å². The van der Waals surface area contributed by atoms with Gasteiger partial charge < -0.3 is 5.11 Å². The third-order valence-corrected chi connectivity index (χ3v) is 1.93. The molecular formula is C11H14O. The van der Waals surface area contributed by atoms with Crippen LogP contribution >= 0.6 is 0 Å². The zero-order valence-electron chi connectivity index (χ0n) is 7.76. The number of hydrogen-bond acceptors (Lipinski definition) is 1. The molecule has 0 fully saturated rings. The molecule has 64 valence electrons. The van der Waals surface area contributed by atoms with E-state index in [-0.39, 0.29) is 0 Å². The van der Waals surface area contributed by atoms with Crippen LogP contribution < -0.4 is 0 Å². The lowest BCUT2D eigenvalue weighted by atomic mass is 10.0. The fourth-order valence-corrected chi connectivity index (χ4v) is 1.18. The Morgan fingerprint density at radius 2 is 1.83 bits per heavy atom. The summed E-state index contributed by atoms with van der Waals surface area (Å²) >= 11 is 0. The Labute approximate surface area is 73.4 Å². The number of phenolic OH excluding ortho intramolecular Hbond substituents is 1. The van der Waals surface area contributed by atoms with Gasteiger partial charge in [0.1, 0.15) is 5.75 Å². The Morgan fingerprint density at radius 3 is 2.42 bits per heavy atom. The van der Waals surface area contributed by atoms with Crippen molar-refractivity contribution in [3.63, 3.8) is 0 Å². The molecule has 1 rings (SSSR count). The molecule has 0 amide bonds. The number of rotatable bonds is 1. The summed E-state index contributed by atoms with van der Waals surface area (Å²) in [6.07, 6.45) is 4.04. The van der Waals surface area contributed by atoms with Gasteiger partial charge in [0.2, 0.25) is 0 Å². The summed E-state index contributed by atoms with van der Waals surface area (Å²) in [5.74, 6) is 0.376. The second-order valence-corrected chi connectivity index (χ2v) is 3.00. The molecule has 0 unspecified atom stereocenters. The highest BCUT2D eigenvalue weighted by Gasteiger charge is 1.99. The lowest BCUT2D eigenvalue weighted by molar-refractivity contribution is 0.470. The van der Waals surface area contributed by atoms with E-state index in [1.54, 1.807) is 6.07 Å². The average Bonchev–Trinajstić information content (AvgIpc) is 2.01. The van der Waals surface area contributed by atoms with E-state index in [0.717, 1.165) is 11.1 Å². The largest absolute Gasteiger partial charge is 0.508 e. The highest BCUT2D eigenvalue weighted by molar-refractivity contribution is 5.57. The first kappa shape index (κ1) is 8.85. The van der Waals surface area contributed by atoms with E-state index >= 15 is 0 Å². The van der Waals surface area contributed by atoms with Crippen LogP contribution in [0.2, 0.25) is 0 Å². The maximum atomic E-state index is 9.37. The minimum absolute atomic E-state index is 0.376. The fraction of sp³-hybridized carbons (Fsp3) is 0.273. The van der Waals surface area contributed by atoms with Crippen molar-refractivity contribution in [3.05, 3.63) is 34.9 Å². The summed E-state index contributed by atoms with van der Waals surface area (Å²) in [6, 6.07) is 3.79. The van der Waals surface area contributed by atoms with Crippen molar-refractivity contribution in [2.75, 3.05) is 0 Å². The second kappa shape index (κ2) is 3.44. The van der Waals surface area contributed by atoms with Gasteiger partial charge in [-0.15, -0.1) is 0 Å². The first-order valence-electron chi connectivity index (χ1n) is 4.08. The van der Waals surface area contributed by atoms with Gasteiger partial charge in [0.15, 0.2) is 0 Å². The van der Waals surface area contributed by atoms with Crippen LogP contribution in [0.3, 0.4) is 0 Å². The van der Waals surface area contributed by atoms with E-state index in [0.29, 0.717) is 5.75 Å². The van der Waals surface area contributed by atoms with Crippen LogP contribution in [0.5, 0.6) is 5.75 Å². The lowest BCUT2D eigenvalue weighted by Crippen LogP contribution is -1.83. The van der Waals surface area contributed by atoms with E-state index in [1.807, 2.05) is 39.0 Å². The molecule has 1 heteroatoms. The summed E-state index contributed by atoms with van der Waals surface area (Å²) in [5.41, 5.74) is 3.21. The molecule has 0 aliphatic rings. The maximum absolute atomic E-state index is 9.37. The van der Waals surface area contributed by atoms with Gasteiger partial charge in [-0.2, -0.15) is 0 Å². The van der Waals surface area contributed by atoms with Crippen LogP contribution in [-0.2, 0) is 0 Å². The first-order chi connectivity index (χ1) is 5.65. The Bertz CT molecular complexity index is 311. The van der Waals surface area contributed by atoms with E-state index in [9.17, 15) is 5.11 Å². The molecule has 0 heterocycles. The molecule has 1 nitrogen and oxygen atoms in total. The topological polar surface area (TPSA) is 20.2 Å². The summed E-state index contributed by atoms with van der Waals surface area (Å²) in [4.78, 5) is 0. The highest BCUT2D eigenvalue weighted by atomic mass is 16.3. The molecule has 0 spiro atoms. The smallest absolute Gasteiger partial charge is 0.118 e. The average molecular weight is 162 g/mol. The molecule has 1 N–H and O–H groups in total. The predicted molar refractivity (Wildman–Crippen MR) is 52.3 cm³/mol. The van der Waals surface area contributed by atoms with Crippen LogP contribution in [-0.4, -0.2) is 5.11 Å². The number of hydrogen-bond donors (Lipinski definition) is 1. The van der Waals surface area contributed by atoms with E-state index in [4.69, 9.17) is 0 Å². The predicted octanol–water partition coefficient (Wildman–Crippen LogP) is 3.04. The molecule has 0 saturated carbocycles. The van der Waals surface area contributed by atoms with Gasteiger partial charge >= 0.3 is 0 Å². The number of benzene rings is 1. The molecule has 1 aromatic rings. The number of aryl methyl sites for hydroxylation is 2. The molecule has 0 radical (unpaired) electrons. The van der Waals surface area contributed by atoms with E-state index in [2.05, 4.69) is 0 Å². The minimum atomic E-state index is 0.376. The van der Waals surface area contributed by atoms with E-state index < -0.39 is 0 Å². The molecule has 0 saturated heterocycles. The van der Waals surface area contributed by atoms with Crippen molar-refractivity contribution in [3.8, 4) is 5.75 Å². The summed E-state index contributed by atoms with van der Waals surface area (Å²) in [7, 11) is 0. The van der Waals surface area contributed by atoms with Crippen molar-refractivity contribution in [1.82, 2.24) is 0 Å². The standard InChI is InChI=1S/C11H14O/c1-4-5-10-6-9(3)11(12)7-8(10)2/h4-7,12H,1-3H3/b5-4-.